The van der Waals surface area contributed by atoms with E-state index in [-0.39, 0.29) is 5.92 Å². The van der Waals surface area contributed by atoms with Gasteiger partial charge in [-0.15, -0.1) is 0 Å². The number of nitrogens with zero attached hydrogens (tertiary/aromatic N) is 2. The fraction of sp³-hybridized carbons (Fsp3) is 0.538. The van der Waals surface area contributed by atoms with Crippen molar-refractivity contribution in [1.29, 1.82) is 5.26 Å². The Kier molecular flexibility index (Phi) is 3.34. The quantitative estimate of drug-likeness (QED) is 0.750. The van der Waals surface area contributed by atoms with Crippen LogP contribution < -0.4 is 0 Å². The van der Waals surface area contributed by atoms with Gasteiger partial charge in [0.1, 0.15) is 0 Å². The van der Waals surface area contributed by atoms with Gasteiger partial charge in [-0.2, -0.15) is 5.26 Å². The maximum atomic E-state index is 9.16. The molecule has 1 aliphatic carbocycles. The Balaban J connectivity index is 2.02. The third-order valence-corrected chi connectivity index (χ3v) is 3.29. The van der Waals surface area contributed by atoms with E-state index in [4.69, 9.17) is 5.26 Å². The second-order valence-corrected chi connectivity index (χ2v) is 4.35. The second-order valence-electron chi connectivity index (χ2n) is 4.35. The van der Waals surface area contributed by atoms with Gasteiger partial charge >= 0.3 is 0 Å². The number of pyridine rings is 1. The van der Waals surface area contributed by atoms with Gasteiger partial charge in [0.2, 0.25) is 0 Å². The van der Waals surface area contributed by atoms with Gasteiger partial charge in [0.25, 0.3) is 0 Å². The summed E-state index contributed by atoms with van der Waals surface area (Å²) in [4.78, 5) is 4.08. The minimum absolute atomic E-state index is 0.0433. The number of aromatic nitrogens is 1. The maximum Gasteiger partial charge on any atom is 0.0730 e. The van der Waals surface area contributed by atoms with Crippen LogP contribution in [0, 0.1) is 17.2 Å². The van der Waals surface area contributed by atoms with E-state index in [1.807, 2.05) is 18.3 Å². The highest BCUT2D eigenvalue weighted by atomic mass is 14.6. The standard InChI is InChI=1S/C13H16N2/c14-9-13(8-11-4-1-2-5-11)12-6-3-7-15-10-12/h3,6-7,10-11,13H,1-2,4-5,8H2. The monoisotopic (exact) mass is 200 g/mol. The molecular formula is C13H16N2. The largest absolute Gasteiger partial charge is 0.264 e. The van der Waals surface area contributed by atoms with Crippen molar-refractivity contribution < 1.29 is 0 Å². The lowest BCUT2D eigenvalue weighted by Crippen LogP contribution is -2.03. The summed E-state index contributed by atoms with van der Waals surface area (Å²) in [5, 5.41) is 9.16. The molecule has 2 rings (SSSR count). The van der Waals surface area contributed by atoms with E-state index in [1.165, 1.54) is 25.7 Å². The van der Waals surface area contributed by atoms with Crippen molar-refractivity contribution in [3.05, 3.63) is 30.1 Å². The Morgan fingerprint density at radius 3 is 2.87 bits per heavy atom. The van der Waals surface area contributed by atoms with E-state index < -0.39 is 0 Å². The zero-order valence-corrected chi connectivity index (χ0v) is 8.89. The molecule has 0 bridgehead atoms. The number of hydrogen-bond donors (Lipinski definition) is 0. The van der Waals surface area contributed by atoms with Crippen molar-refractivity contribution in [3.63, 3.8) is 0 Å². The SMILES string of the molecule is N#CC(CC1CCCC1)c1cccnc1. The molecule has 0 saturated heterocycles. The highest BCUT2D eigenvalue weighted by molar-refractivity contribution is 5.21. The summed E-state index contributed by atoms with van der Waals surface area (Å²) in [5.74, 6) is 0.802. The fourth-order valence-electron chi connectivity index (χ4n) is 2.42. The van der Waals surface area contributed by atoms with Gasteiger partial charge in [0.05, 0.1) is 12.0 Å². The molecule has 0 radical (unpaired) electrons. The normalized spacial score (nSPS) is 18.6. The van der Waals surface area contributed by atoms with Crippen LogP contribution in [0.4, 0.5) is 0 Å². The van der Waals surface area contributed by atoms with E-state index >= 15 is 0 Å². The molecule has 1 heterocycles. The molecule has 1 saturated carbocycles. The molecule has 0 N–H and O–H groups in total. The van der Waals surface area contributed by atoms with E-state index in [2.05, 4.69) is 11.1 Å². The van der Waals surface area contributed by atoms with Crippen LogP contribution in [0.2, 0.25) is 0 Å². The molecule has 1 aromatic heterocycles. The van der Waals surface area contributed by atoms with Crippen LogP contribution in [0.15, 0.2) is 24.5 Å². The fourth-order valence-corrected chi connectivity index (χ4v) is 2.42. The molecule has 1 unspecified atom stereocenters. The molecule has 78 valence electrons. The molecule has 1 atom stereocenters. The van der Waals surface area contributed by atoms with Gasteiger partial charge in [0, 0.05) is 12.4 Å². The number of rotatable bonds is 3. The summed E-state index contributed by atoms with van der Waals surface area (Å²) in [6, 6.07) is 6.33. The molecule has 15 heavy (non-hydrogen) atoms. The number of hydrogen-bond acceptors (Lipinski definition) is 2. The molecule has 1 aromatic rings. The smallest absolute Gasteiger partial charge is 0.0730 e. The lowest BCUT2D eigenvalue weighted by molar-refractivity contribution is 0.482. The van der Waals surface area contributed by atoms with Crippen LogP contribution in [-0.4, -0.2) is 4.98 Å². The predicted octanol–water partition coefficient (Wildman–Crippen LogP) is 3.27. The van der Waals surface area contributed by atoms with Crippen LogP contribution in [0.25, 0.3) is 0 Å². The highest BCUT2D eigenvalue weighted by Gasteiger charge is 2.20. The van der Waals surface area contributed by atoms with Crippen molar-refractivity contribution in [3.8, 4) is 6.07 Å². The Bertz CT molecular complexity index is 333. The van der Waals surface area contributed by atoms with Gasteiger partial charge in [-0.25, -0.2) is 0 Å². The lowest BCUT2D eigenvalue weighted by Gasteiger charge is -2.13. The molecular weight excluding hydrogens is 184 g/mol. The first-order chi connectivity index (χ1) is 7.40. The Morgan fingerprint density at radius 2 is 2.27 bits per heavy atom. The van der Waals surface area contributed by atoms with Gasteiger partial charge in [-0.3, -0.25) is 4.98 Å². The third-order valence-electron chi connectivity index (χ3n) is 3.29. The first-order valence-corrected chi connectivity index (χ1v) is 5.69. The first kappa shape index (κ1) is 10.2. The number of nitriles is 1. The minimum atomic E-state index is 0.0433. The topological polar surface area (TPSA) is 36.7 Å². The molecule has 0 aliphatic heterocycles. The summed E-state index contributed by atoms with van der Waals surface area (Å²) in [6.45, 7) is 0. The van der Waals surface area contributed by atoms with Gasteiger partial charge in [-0.1, -0.05) is 31.7 Å². The van der Waals surface area contributed by atoms with Gasteiger partial charge in [-0.05, 0) is 24.0 Å². The van der Waals surface area contributed by atoms with E-state index in [1.54, 1.807) is 6.20 Å². The van der Waals surface area contributed by atoms with E-state index in [0.29, 0.717) is 0 Å². The molecule has 0 amide bonds. The summed E-state index contributed by atoms with van der Waals surface area (Å²) < 4.78 is 0. The van der Waals surface area contributed by atoms with Crippen molar-refractivity contribution >= 4 is 0 Å². The van der Waals surface area contributed by atoms with E-state index in [0.717, 1.165) is 17.9 Å². The summed E-state index contributed by atoms with van der Waals surface area (Å²) in [5.41, 5.74) is 1.08. The van der Waals surface area contributed by atoms with Crippen LogP contribution in [0.3, 0.4) is 0 Å². The molecule has 0 aromatic carbocycles. The highest BCUT2D eigenvalue weighted by Crippen LogP contribution is 2.33. The van der Waals surface area contributed by atoms with Crippen molar-refractivity contribution in [2.75, 3.05) is 0 Å². The van der Waals surface area contributed by atoms with Crippen LogP contribution in [0.5, 0.6) is 0 Å². The summed E-state index contributed by atoms with van der Waals surface area (Å²) in [6.07, 6.45) is 9.89. The van der Waals surface area contributed by atoms with Gasteiger partial charge in [0.15, 0.2) is 0 Å². The molecule has 2 heteroatoms. The molecule has 0 spiro atoms. The average Bonchev–Trinajstić information content (AvgIpc) is 2.80. The Hall–Kier alpha value is -1.36. The average molecular weight is 200 g/mol. The van der Waals surface area contributed by atoms with E-state index in [9.17, 15) is 0 Å². The molecule has 1 aliphatic rings. The summed E-state index contributed by atoms with van der Waals surface area (Å²) >= 11 is 0. The van der Waals surface area contributed by atoms with Crippen LogP contribution in [0.1, 0.15) is 43.6 Å². The van der Waals surface area contributed by atoms with Crippen molar-refractivity contribution in [2.45, 2.75) is 38.0 Å². The Morgan fingerprint density at radius 1 is 1.47 bits per heavy atom. The van der Waals surface area contributed by atoms with Crippen LogP contribution in [-0.2, 0) is 0 Å². The lowest BCUT2D eigenvalue weighted by atomic mass is 9.90. The van der Waals surface area contributed by atoms with Crippen LogP contribution >= 0.6 is 0 Å². The van der Waals surface area contributed by atoms with Crippen molar-refractivity contribution in [2.24, 2.45) is 5.92 Å². The minimum Gasteiger partial charge on any atom is -0.264 e. The zero-order chi connectivity index (χ0) is 10.5. The second kappa shape index (κ2) is 4.93. The molecule has 1 fully saturated rings. The maximum absolute atomic E-state index is 9.16. The molecule has 2 nitrogen and oxygen atoms in total. The third kappa shape index (κ3) is 2.56. The van der Waals surface area contributed by atoms with Crippen molar-refractivity contribution in [1.82, 2.24) is 4.98 Å². The zero-order valence-electron chi connectivity index (χ0n) is 8.89. The predicted molar refractivity (Wildman–Crippen MR) is 59.2 cm³/mol. The van der Waals surface area contributed by atoms with Gasteiger partial charge < -0.3 is 0 Å². The Labute approximate surface area is 91.0 Å². The first-order valence-electron chi connectivity index (χ1n) is 5.69. The summed E-state index contributed by atoms with van der Waals surface area (Å²) in [7, 11) is 0.